The quantitative estimate of drug-likeness (QED) is 0.854. The summed E-state index contributed by atoms with van der Waals surface area (Å²) in [6.07, 6.45) is 4.48. The Kier molecular flexibility index (Phi) is 2.83. The third kappa shape index (κ3) is 2.43. The SMILES string of the molecule is Cc1csc(CC(N)c2cn(C)cn2)n1. The number of nitrogens with zero attached hydrogens (tertiary/aromatic N) is 3. The van der Waals surface area contributed by atoms with Gasteiger partial charge < -0.3 is 10.3 Å². The van der Waals surface area contributed by atoms with Crippen molar-refractivity contribution in [3.05, 3.63) is 34.3 Å². The summed E-state index contributed by atoms with van der Waals surface area (Å²) in [5.74, 6) is 0. The molecule has 2 heterocycles. The number of thiazole rings is 1. The molecule has 2 aromatic heterocycles. The maximum absolute atomic E-state index is 6.04. The van der Waals surface area contributed by atoms with E-state index in [0.29, 0.717) is 0 Å². The first-order valence-electron chi connectivity index (χ1n) is 4.79. The minimum atomic E-state index is -0.0586. The van der Waals surface area contributed by atoms with E-state index in [4.69, 9.17) is 5.73 Å². The van der Waals surface area contributed by atoms with Gasteiger partial charge >= 0.3 is 0 Å². The molecule has 1 atom stereocenters. The fraction of sp³-hybridized carbons (Fsp3) is 0.400. The van der Waals surface area contributed by atoms with E-state index in [0.717, 1.165) is 22.8 Å². The molecule has 0 aliphatic rings. The summed E-state index contributed by atoms with van der Waals surface area (Å²) >= 11 is 1.65. The number of aryl methyl sites for hydroxylation is 2. The largest absolute Gasteiger partial charge is 0.340 e. The number of hydrogen-bond acceptors (Lipinski definition) is 4. The first-order chi connectivity index (χ1) is 7.15. The Morgan fingerprint density at radius 1 is 1.60 bits per heavy atom. The van der Waals surface area contributed by atoms with E-state index >= 15 is 0 Å². The topological polar surface area (TPSA) is 56.7 Å². The van der Waals surface area contributed by atoms with Crippen molar-refractivity contribution < 1.29 is 0 Å². The Hall–Kier alpha value is -1.20. The van der Waals surface area contributed by atoms with Crippen molar-refractivity contribution in [3.8, 4) is 0 Å². The second-order valence-corrected chi connectivity index (χ2v) is 4.60. The van der Waals surface area contributed by atoms with Gasteiger partial charge in [0, 0.05) is 30.7 Å². The van der Waals surface area contributed by atoms with Crippen LogP contribution >= 0.6 is 11.3 Å². The van der Waals surface area contributed by atoms with Crippen LogP contribution in [-0.4, -0.2) is 14.5 Å². The maximum Gasteiger partial charge on any atom is 0.0947 e. The lowest BCUT2D eigenvalue weighted by atomic mass is 10.2. The highest BCUT2D eigenvalue weighted by atomic mass is 32.1. The van der Waals surface area contributed by atoms with Crippen LogP contribution in [0.3, 0.4) is 0 Å². The van der Waals surface area contributed by atoms with Gasteiger partial charge in [-0.05, 0) is 6.92 Å². The molecule has 15 heavy (non-hydrogen) atoms. The predicted octanol–water partition coefficient (Wildman–Crippen LogP) is 1.43. The molecule has 4 nitrogen and oxygen atoms in total. The molecule has 80 valence electrons. The van der Waals surface area contributed by atoms with Gasteiger partial charge in [-0.3, -0.25) is 0 Å². The zero-order valence-electron chi connectivity index (χ0n) is 8.84. The maximum atomic E-state index is 6.04. The minimum absolute atomic E-state index is 0.0586. The molecule has 0 spiro atoms. The average Bonchev–Trinajstić information content (AvgIpc) is 2.75. The fourth-order valence-electron chi connectivity index (χ4n) is 1.41. The highest BCUT2D eigenvalue weighted by Crippen LogP contribution is 2.17. The Balaban J connectivity index is 2.06. The highest BCUT2D eigenvalue weighted by molar-refractivity contribution is 7.09. The predicted molar refractivity (Wildman–Crippen MR) is 60.7 cm³/mol. The molecule has 0 amide bonds. The summed E-state index contributed by atoms with van der Waals surface area (Å²) < 4.78 is 1.91. The van der Waals surface area contributed by atoms with Crippen molar-refractivity contribution >= 4 is 11.3 Å². The van der Waals surface area contributed by atoms with Crippen LogP contribution in [0.2, 0.25) is 0 Å². The molecule has 0 saturated heterocycles. The molecule has 2 aromatic rings. The van der Waals surface area contributed by atoms with E-state index in [1.807, 2.05) is 30.1 Å². The molecule has 1 unspecified atom stereocenters. The van der Waals surface area contributed by atoms with Crippen LogP contribution in [0.5, 0.6) is 0 Å². The van der Waals surface area contributed by atoms with Gasteiger partial charge in [0.15, 0.2) is 0 Å². The lowest BCUT2D eigenvalue weighted by Gasteiger charge is -2.05. The highest BCUT2D eigenvalue weighted by Gasteiger charge is 2.11. The average molecular weight is 222 g/mol. The number of imidazole rings is 1. The second-order valence-electron chi connectivity index (χ2n) is 3.66. The van der Waals surface area contributed by atoms with Gasteiger partial charge in [-0.15, -0.1) is 11.3 Å². The molecule has 2 rings (SSSR count). The molecular weight excluding hydrogens is 208 g/mol. The molecule has 5 heteroatoms. The van der Waals surface area contributed by atoms with Gasteiger partial charge in [-0.1, -0.05) is 0 Å². The first-order valence-corrected chi connectivity index (χ1v) is 5.67. The molecule has 0 radical (unpaired) electrons. The van der Waals surface area contributed by atoms with Crippen LogP contribution in [0, 0.1) is 6.92 Å². The second kappa shape index (κ2) is 4.12. The molecule has 2 N–H and O–H groups in total. The van der Waals surface area contributed by atoms with E-state index in [9.17, 15) is 0 Å². The van der Waals surface area contributed by atoms with Crippen LogP contribution in [0.1, 0.15) is 22.4 Å². The van der Waals surface area contributed by atoms with Gasteiger partial charge in [0.25, 0.3) is 0 Å². The Morgan fingerprint density at radius 2 is 2.40 bits per heavy atom. The Morgan fingerprint density at radius 3 is 2.93 bits per heavy atom. The number of rotatable bonds is 3. The van der Waals surface area contributed by atoms with Crippen molar-refractivity contribution in [1.29, 1.82) is 0 Å². The molecule has 0 fully saturated rings. The number of hydrogen-bond donors (Lipinski definition) is 1. The summed E-state index contributed by atoms with van der Waals surface area (Å²) in [7, 11) is 1.94. The van der Waals surface area contributed by atoms with E-state index in [1.165, 1.54) is 0 Å². The van der Waals surface area contributed by atoms with E-state index in [2.05, 4.69) is 9.97 Å². The van der Waals surface area contributed by atoms with Gasteiger partial charge in [0.05, 0.1) is 23.1 Å². The van der Waals surface area contributed by atoms with E-state index < -0.39 is 0 Å². The third-order valence-corrected chi connectivity index (χ3v) is 3.15. The fourth-order valence-corrected chi connectivity index (χ4v) is 2.25. The Labute approximate surface area is 92.8 Å². The normalized spacial score (nSPS) is 13.0. The minimum Gasteiger partial charge on any atom is -0.340 e. The van der Waals surface area contributed by atoms with Crippen molar-refractivity contribution in [2.24, 2.45) is 12.8 Å². The summed E-state index contributed by atoms with van der Waals surface area (Å²) in [4.78, 5) is 8.62. The lowest BCUT2D eigenvalue weighted by Crippen LogP contribution is -2.13. The van der Waals surface area contributed by atoms with Crippen LogP contribution in [0.15, 0.2) is 17.9 Å². The monoisotopic (exact) mass is 222 g/mol. The van der Waals surface area contributed by atoms with Gasteiger partial charge in [-0.25, -0.2) is 9.97 Å². The molecular formula is C10H14N4S. The van der Waals surface area contributed by atoms with Crippen molar-refractivity contribution in [2.45, 2.75) is 19.4 Å². The molecule has 0 saturated carbocycles. The number of aromatic nitrogens is 3. The summed E-state index contributed by atoms with van der Waals surface area (Å²) in [5.41, 5.74) is 8.02. The molecule has 0 aliphatic carbocycles. The van der Waals surface area contributed by atoms with Gasteiger partial charge in [0.1, 0.15) is 0 Å². The van der Waals surface area contributed by atoms with Crippen molar-refractivity contribution in [2.75, 3.05) is 0 Å². The third-order valence-electron chi connectivity index (χ3n) is 2.17. The zero-order valence-corrected chi connectivity index (χ0v) is 9.66. The van der Waals surface area contributed by atoms with Crippen LogP contribution in [-0.2, 0) is 13.5 Å². The molecule has 0 bridgehead atoms. The summed E-state index contributed by atoms with van der Waals surface area (Å²) in [6.45, 7) is 1.99. The van der Waals surface area contributed by atoms with Crippen molar-refractivity contribution in [3.63, 3.8) is 0 Å². The van der Waals surface area contributed by atoms with Gasteiger partial charge in [0.2, 0.25) is 0 Å². The summed E-state index contributed by atoms with van der Waals surface area (Å²) in [6, 6.07) is -0.0586. The standard InChI is InChI=1S/C10H14N4S/c1-7-5-15-10(13-7)3-8(11)9-4-14(2)6-12-9/h4-6,8H,3,11H2,1-2H3. The van der Waals surface area contributed by atoms with Gasteiger partial charge in [-0.2, -0.15) is 0 Å². The van der Waals surface area contributed by atoms with Crippen LogP contribution in [0.4, 0.5) is 0 Å². The molecule has 0 aromatic carbocycles. The zero-order chi connectivity index (χ0) is 10.8. The number of nitrogens with two attached hydrogens (primary N) is 1. The summed E-state index contributed by atoms with van der Waals surface area (Å²) in [5, 5.41) is 3.12. The van der Waals surface area contributed by atoms with Crippen molar-refractivity contribution in [1.82, 2.24) is 14.5 Å². The smallest absolute Gasteiger partial charge is 0.0947 e. The van der Waals surface area contributed by atoms with E-state index in [-0.39, 0.29) is 6.04 Å². The van der Waals surface area contributed by atoms with E-state index in [1.54, 1.807) is 17.7 Å². The molecule has 0 aliphatic heterocycles. The van der Waals surface area contributed by atoms with Crippen LogP contribution < -0.4 is 5.73 Å². The van der Waals surface area contributed by atoms with Crippen LogP contribution in [0.25, 0.3) is 0 Å². The lowest BCUT2D eigenvalue weighted by molar-refractivity contribution is 0.695. The first kappa shape index (κ1) is 10.3. The Bertz CT molecular complexity index is 446.